The molecule has 0 fully saturated rings. The maximum absolute atomic E-state index is 12.2. The molecule has 0 unspecified atom stereocenters. The Morgan fingerprint density at radius 2 is 1.69 bits per heavy atom. The number of methoxy groups -OCH3 is 1. The summed E-state index contributed by atoms with van der Waals surface area (Å²) in [6, 6.07) is 5.20. The number of rotatable bonds is 6. The number of anilines is 3. The number of carbonyl (C=O) groups excluding carboxylic acids is 1. The number of aryl methyl sites for hydroxylation is 1. The lowest BCUT2D eigenvalue weighted by atomic mass is 10.2. The Morgan fingerprint density at radius 3 is 2.23 bits per heavy atom. The van der Waals surface area contributed by atoms with Crippen molar-refractivity contribution in [3.8, 4) is 5.75 Å². The van der Waals surface area contributed by atoms with E-state index in [0.29, 0.717) is 29.2 Å². The fourth-order valence-electron chi connectivity index (χ4n) is 2.12. The van der Waals surface area contributed by atoms with E-state index >= 15 is 0 Å². The number of amides is 2. The lowest BCUT2D eigenvalue weighted by Crippen LogP contribution is -2.30. The van der Waals surface area contributed by atoms with Gasteiger partial charge in [-0.05, 0) is 24.6 Å². The van der Waals surface area contributed by atoms with Gasteiger partial charge in [0, 0.05) is 28.2 Å². The van der Waals surface area contributed by atoms with Crippen LogP contribution in [0.2, 0.25) is 0 Å². The van der Waals surface area contributed by atoms with Gasteiger partial charge in [0.1, 0.15) is 5.75 Å². The van der Waals surface area contributed by atoms with Crippen molar-refractivity contribution in [2.24, 2.45) is 0 Å². The normalized spacial score (nSPS) is 10.2. The number of hydrogen-bond donors (Lipinski definition) is 2. The van der Waals surface area contributed by atoms with Gasteiger partial charge < -0.3 is 25.2 Å². The molecule has 1 aromatic carbocycles. The topological polar surface area (TPSA) is 95.5 Å². The molecular formula is C17H25N7O2. The molecule has 9 nitrogen and oxygen atoms in total. The first-order valence-corrected chi connectivity index (χ1v) is 8.09. The molecule has 0 aliphatic rings. The molecule has 140 valence electrons. The van der Waals surface area contributed by atoms with E-state index in [2.05, 4.69) is 25.6 Å². The smallest absolute Gasteiger partial charge is 0.319 e. The maximum Gasteiger partial charge on any atom is 0.319 e. The Balaban J connectivity index is 2.09. The highest BCUT2D eigenvalue weighted by molar-refractivity contribution is 5.91. The molecular weight excluding hydrogens is 334 g/mol. The zero-order valence-corrected chi connectivity index (χ0v) is 16.0. The van der Waals surface area contributed by atoms with E-state index in [1.54, 1.807) is 16.9 Å². The molecule has 1 heterocycles. The molecule has 0 spiro atoms. The lowest BCUT2D eigenvalue weighted by molar-refractivity contribution is 0.251. The SMILES string of the molecule is COc1ccc(C)cc1NC(=O)NCc1nc(N(C)C)nc(N(C)C)n1. The second-order valence-corrected chi connectivity index (χ2v) is 6.15. The van der Waals surface area contributed by atoms with E-state index in [-0.39, 0.29) is 12.6 Å². The van der Waals surface area contributed by atoms with Crippen molar-refractivity contribution in [3.63, 3.8) is 0 Å². The molecule has 26 heavy (non-hydrogen) atoms. The van der Waals surface area contributed by atoms with Gasteiger partial charge >= 0.3 is 6.03 Å². The second kappa shape index (κ2) is 8.32. The van der Waals surface area contributed by atoms with Crippen molar-refractivity contribution < 1.29 is 9.53 Å². The minimum atomic E-state index is -0.368. The Bertz CT molecular complexity index is 751. The highest BCUT2D eigenvalue weighted by Crippen LogP contribution is 2.25. The van der Waals surface area contributed by atoms with Crippen LogP contribution in [0.1, 0.15) is 11.4 Å². The number of nitrogens with zero attached hydrogens (tertiary/aromatic N) is 5. The molecule has 9 heteroatoms. The average molecular weight is 359 g/mol. The summed E-state index contributed by atoms with van der Waals surface area (Å²) >= 11 is 0. The van der Waals surface area contributed by atoms with Crippen LogP contribution in [0, 0.1) is 6.92 Å². The van der Waals surface area contributed by atoms with Crippen LogP contribution in [0.3, 0.4) is 0 Å². The Morgan fingerprint density at radius 1 is 1.08 bits per heavy atom. The molecule has 2 amide bonds. The van der Waals surface area contributed by atoms with Crippen molar-refractivity contribution in [3.05, 3.63) is 29.6 Å². The van der Waals surface area contributed by atoms with Crippen molar-refractivity contribution in [1.29, 1.82) is 0 Å². The van der Waals surface area contributed by atoms with Crippen molar-refractivity contribution in [2.45, 2.75) is 13.5 Å². The number of urea groups is 1. The molecule has 0 saturated heterocycles. The maximum atomic E-state index is 12.2. The minimum Gasteiger partial charge on any atom is -0.495 e. The summed E-state index contributed by atoms with van der Waals surface area (Å²) in [5.74, 6) is 2.12. The summed E-state index contributed by atoms with van der Waals surface area (Å²) in [7, 11) is 8.96. The van der Waals surface area contributed by atoms with Gasteiger partial charge in [-0.3, -0.25) is 0 Å². The van der Waals surface area contributed by atoms with Gasteiger partial charge in [0.2, 0.25) is 11.9 Å². The number of benzene rings is 1. The van der Waals surface area contributed by atoms with E-state index in [4.69, 9.17) is 4.74 Å². The first kappa shape index (κ1) is 19.2. The molecule has 2 aromatic rings. The van der Waals surface area contributed by atoms with E-state index in [9.17, 15) is 4.79 Å². The highest BCUT2D eigenvalue weighted by atomic mass is 16.5. The Kier molecular flexibility index (Phi) is 6.16. The van der Waals surface area contributed by atoms with Crippen LogP contribution in [0.4, 0.5) is 22.4 Å². The molecule has 0 saturated carbocycles. The zero-order chi connectivity index (χ0) is 19.3. The average Bonchev–Trinajstić information content (AvgIpc) is 2.60. The van der Waals surface area contributed by atoms with E-state index in [1.807, 2.05) is 53.3 Å². The number of ether oxygens (including phenoxy) is 1. The first-order valence-electron chi connectivity index (χ1n) is 8.09. The standard InChI is InChI=1S/C17H25N7O2/c1-11-7-8-13(26-6)12(9-11)19-17(25)18-10-14-20-15(23(2)3)22-16(21-14)24(4)5/h7-9H,10H2,1-6H3,(H2,18,19,25). The number of aromatic nitrogens is 3. The number of hydrogen-bond acceptors (Lipinski definition) is 7. The predicted octanol–water partition coefficient (Wildman–Crippen LogP) is 1.64. The predicted molar refractivity (Wildman–Crippen MR) is 102 cm³/mol. The zero-order valence-electron chi connectivity index (χ0n) is 16.0. The van der Waals surface area contributed by atoms with Crippen LogP contribution in [-0.2, 0) is 6.54 Å². The summed E-state index contributed by atoms with van der Waals surface area (Å²) < 4.78 is 5.26. The lowest BCUT2D eigenvalue weighted by Gasteiger charge is -2.16. The van der Waals surface area contributed by atoms with E-state index < -0.39 is 0 Å². The summed E-state index contributed by atoms with van der Waals surface area (Å²) in [4.78, 5) is 28.9. The minimum absolute atomic E-state index is 0.171. The third-order valence-corrected chi connectivity index (χ3v) is 3.47. The van der Waals surface area contributed by atoms with Crippen molar-refractivity contribution in [1.82, 2.24) is 20.3 Å². The van der Waals surface area contributed by atoms with Crippen LogP contribution < -0.4 is 25.2 Å². The molecule has 2 N–H and O–H groups in total. The molecule has 2 rings (SSSR count). The van der Waals surface area contributed by atoms with Gasteiger partial charge in [-0.2, -0.15) is 15.0 Å². The fourth-order valence-corrected chi connectivity index (χ4v) is 2.12. The van der Waals surface area contributed by atoms with Gasteiger partial charge in [-0.15, -0.1) is 0 Å². The summed E-state index contributed by atoms with van der Waals surface area (Å²) in [5.41, 5.74) is 1.62. The Hall–Kier alpha value is -3.10. The van der Waals surface area contributed by atoms with Crippen molar-refractivity contribution in [2.75, 3.05) is 50.4 Å². The van der Waals surface area contributed by atoms with Crippen LogP contribution in [-0.4, -0.2) is 56.3 Å². The van der Waals surface area contributed by atoms with Gasteiger partial charge in [0.05, 0.1) is 19.3 Å². The van der Waals surface area contributed by atoms with Crippen LogP contribution in [0.5, 0.6) is 5.75 Å². The Labute approximate surface area is 153 Å². The largest absolute Gasteiger partial charge is 0.495 e. The number of carbonyl (C=O) groups is 1. The van der Waals surface area contributed by atoms with Crippen LogP contribution in [0.25, 0.3) is 0 Å². The molecule has 0 bridgehead atoms. The monoisotopic (exact) mass is 359 g/mol. The molecule has 0 aliphatic heterocycles. The number of nitrogens with one attached hydrogen (secondary N) is 2. The van der Waals surface area contributed by atoms with E-state index in [1.165, 1.54) is 0 Å². The quantitative estimate of drug-likeness (QED) is 0.809. The summed E-state index contributed by atoms with van der Waals surface area (Å²) in [6.45, 7) is 2.11. The summed E-state index contributed by atoms with van der Waals surface area (Å²) in [5, 5.41) is 5.54. The van der Waals surface area contributed by atoms with Gasteiger partial charge in [-0.25, -0.2) is 4.79 Å². The first-order chi connectivity index (χ1) is 12.3. The van der Waals surface area contributed by atoms with Crippen molar-refractivity contribution >= 4 is 23.6 Å². The van der Waals surface area contributed by atoms with Crippen LogP contribution >= 0.6 is 0 Å². The third kappa shape index (κ3) is 4.95. The molecule has 0 atom stereocenters. The van der Waals surface area contributed by atoms with Crippen LogP contribution in [0.15, 0.2) is 18.2 Å². The van der Waals surface area contributed by atoms with Gasteiger partial charge in [0.25, 0.3) is 0 Å². The van der Waals surface area contributed by atoms with E-state index in [0.717, 1.165) is 5.56 Å². The van der Waals surface area contributed by atoms with Gasteiger partial charge in [-0.1, -0.05) is 6.07 Å². The van der Waals surface area contributed by atoms with Gasteiger partial charge in [0.15, 0.2) is 5.82 Å². The highest BCUT2D eigenvalue weighted by Gasteiger charge is 2.12. The third-order valence-electron chi connectivity index (χ3n) is 3.47. The summed E-state index contributed by atoms with van der Waals surface area (Å²) in [6.07, 6.45) is 0. The molecule has 0 aliphatic carbocycles. The molecule has 1 aromatic heterocycles. The fraction of sp³-hybridized carbons (Fsp3) is 0.412. The second-order valence-electron chi connectivity index (χ2n) is 6.15. The molecule has 0 radical (unpaired) electrons.